The summed E-state index contributed by atoms with van der Waals surface area (Å²) < 4.78 is 200. The van der Waals surface area contributed by atoms with Crippen LogP contribution in [0.5, 0.6) is 23.0 Å². The molecule has 20 nitrogen and oxygen atoms in total. The van der Waals surface area contributed by atoms with Crippen molar-refractivity contribution in [2.75, 3.05) is 33.8 Å². The summed E-state index contributed by atoms with van der Waals surface area (Å²) in [5.41, 5.74) is -3.32. The number of rotatable bonds is 24. The van der Waals surface area contributed by atoms with Crippen LogP contribution in [0.3, 0.4) is 0 Å². The lowest BCUT2D eigenvalue weighted by atomic mass is 9.94. The molecule has 0 aromatic heterocycles. The average Bonchev–Trinajstić information content (AvgIpc) is 0.796. The van der Waals surface area contributed by atoms with Gasteiger partial charge in [-0.1, -0.05) is 162 Å². The van der Waals surface area contributed by atoms with Crippen molar-refractivity contribution in [2.45, 2.75) is 208 Å². The van der Waals surface area contributed by atoms with Crippen LogP contribution in [0.25, 0.3) is 0 Å². The third kappa shape index (κ3) is 28.7. The number of alkyl halides is 14. The molecule has 0 saturated heterocycles. The minimum atomic E-state index is -4.70. The Labute approximate surface area is 759 Å². The second kappa shape index (κ2) is 47.7. The van der Waals surface area contributed by atoms with Crippen molar-refractivity contribution in [3.63, 3.8) is 0 Å². The lowest BCUT2D eigenvalue weighted by Gasteiger charge is -2.32. The highest BCUT2D eigenvalue weighted by molar-refractivity contribution is 6.12. The summed E-state index contributed by atoms with van der Waals surface area (Å²) >= 11 is 0. The summed E-state index contributed by atoms with van der Waals surface area (Å²) in [4.78, 5) is 108. The molecule has 4 atom stereocenters. The van der Waals surface area contributed by atoms with Gasteiger partial charge in [-0.2, -0.15) is 61.5 Å². The maximum absolute atomic E-state index is 13.6. The highest BCUT2D eigenvalue weighted by Crippen LogP contribution is 2.43. The molecule has 4 saturated carbocycles. The van der Waals surface area contributed by atoms with Crippen molar-refractivity contribution >= 4 is 70.0 Å². The molecule has 0 bridgehead atoms. The van der Waals surface area contributed by atoms with Gasteiger partial charge in [-0.05, 0) is 206 Å². The fraction of sp³-hybridized carbons (Fsp3) is 0.354. The van der Waals surface area contributed by atoms with Crippen LogP contribution in [0.4, 0.5) is 84.2 Å². The molecule has 4 aliphatic rings. The molecule has 4 unspecified atom stereocenters. The van der Waals surface area contributed by atoms with Crippen LogP contribution in [-0.4, -0.2) is 97.4 Å². The molecule has 0 spiro atoms. The van der Waals surface area contributed by atoms with E-state index in [2.05, 4.69) is 26.0 Å². The number of carbonyl (C=O) groups is 8. The first-order valence-electron chi connectivity index (χ1n) is 42.5. The molecule has 702 valence electrons. The van der Waals surface area contributed by atoms with Crippen LogP contribution >= 0.6 is 0 Å². The van der Waals surface area contributed by atoms with Gasteiger partial charge in [0.05, 0.1) is 36.5 Å². The monoisotopic (exact) mass is 1850 g/mol. The quantitative estimate of drug-likeness (QED) is 0.0280. The molecule has 8 aromatic rings. The number of amides is 8. The maximum Gasteiger partial charge on any atom is 0.416 e. The second-order valence-electron chi connectivity index (χ2n) is 31.5. The molecular weight excluding hydrogens is 1760 g/mol. The van der Waals surface area contributed by atoms with E-state index < -0.39 is 125 Å². The van der Waals surface area contributed by atoms with Crippen molar-refractivity contribution in [3.05, 3.63) is 239 Å². The van der Waals surface area contributed by atoms with Crippen LogP contribution in [0.1, 0.15) is 197 Å². The van der Waals surface area contributed by atoms with Crippen molar-refractivity contribution in [3.8, 4) is 72.4 Å². The van der Waals surface area contributed by atoms with Crippen LogP contribution in [0.2, 0.25) is 0 Å². The minimum Gasteiger partial charge on any atom is -0.508 e. The molecule has 4 fully saturated rings. The van der Waals surface area contributed by atoms with E-state index in [0.717, 1.165) is 196 Å². The van der Waals surface area contributed by atoms with Gasteiger partial charge in [0.1, 0.15) is 35.7 Å². The fourth-order valence-corrected chi connectivity index (χ4v) is 16.1. The summed E-state index contributed by atoms with van der Waals surface area (Å²) in [7, 11) is 2.86. The molecule has 34 heteroatoms. The van der Waals surface area contributed by atoms with Crippen molar-refractivity contribution < 1.29 is 119 Å². The zero-order valence-corrected chi connectivity index (χ0v) is 72.1. The first-order valence-corrected chi connectivity index (χ1v) is 42.5. The van der Waals surface area contributed by atoms with Gasteiger partial charge in [-0.15, -0.1) is 25.7 Å². The Balaban J connectivity index is 0.000000200. The highest BCUT2D eigenvalue weighted by atomic mass is 19.4. The van der Waals surface area contributed by atoms with Gasteiger partial charge in [0.2, 0.25) is 23.6 Å². The Morgan fingerprint density at radius 3 is 0.842 bits per heavy atom. The number of phenolic OH excluding ortho intramolecular Hbond substituents is 1. The number of methoxy groups -OCH3 is 2. The molecule has 133 heavy (non-hydrogen) atoms. The standard InChI is InChI=1S/C26H27F3N2O4.C25H23F5N2O3.C24H23F3N2O3.C24H23F3N2O2/c1-4-23(32)31(20-12-8-9-18(16-20)26(27,28)29)24(25(33)30-19-10-6-5-7-11-19)17-13-14-21(34-2)22(15-17)35-3;1-2-21(33)32(19-10-6-7-17(15-19)25(28,29)30)22(23(34)31-18-8-4-3-5-9-18)16-11-13-20(14-12-16)35-24(26)27;1-2-21(31)29(19-10-6-7-17(15-19)24(25,26)27)22(16-11-13-20(30)14-12-16)23(32)28-18-8-4-3-5-9-18;1-2-21(30)29(20-15-9-12-18(16-20)24(25,26)27)22(17-10-5-3-6-11-17)23(31)28-19-13-7-4-8-14-19/h1,8-9,12-16,19,24H,5-7,10-11H2,2-3H3,(H,30,33);1,6-7,10-15,18,22,24H,3-5,8-9H2,(H,31,34);1,6-7,10-15,18,22,30H,3-5,8-9H2,(H,28,32);1,3,5-6,9-12,15-16,19,22H,4,7-8,13-14H2,(H,28,31). The van der Waals surface area contributed by atoms with Gasteiger partial charge >= 0.3 is 54.9 Å². The molecule has 0 radical (unpaired) electrons. The Morgan fingerprint density at radius 2 is 0.586 bits per heavy atom. The number of terminal acetylenes is 4. The number of ether oxygens (including phenoxy) is 3. The van der Waals surface area contributed by atoms with E-state index in [1.807, 2.05) is 23.7 Å². The van der Waals surface area contributed by atoms with Gasteiger partial charge in [-0.25, -0.2) is 0 Å². The molecule has 5 N–H and O–H groups in total. The van der Waals surface area contributed by atoms with Gasteiger partial charge in [-0.3, -0.25) is 58.0 Å². The molecular formula is C99H96F14N8O12. The Morgan fingerprint density at radius 1 is 0.331 bits per heavy atom. The minimum absolute atomic E-state index is 0.0447. The van der Waals surface area contributed by atoms with E-state index in [4.69, 9.17) is 35.2 Å². The third-order valence-corrected chi connectivity index (χ3v) is 22.5. The molecule has 0 heterocycles. The molecule has 4 aliphatic carbocycles. The van der Waals surface area contributed by atoms with Gasteiger partial charge in [0.25, 0.3) is 0 Å². The topological polar surface area (TPSA) is 246 Å². The van der Waals surface area contributed by atoms with Crippen LogP contribution in [0.15, 0.2) is 194 Å². The number of carbonyl (C=O) groups excluding carboxylic acids is 8. The third-order valence-electron chi connectivity index (χ3n) is 22.5. The summed E-state index contributed by atoms with van der Waals surface area (Å²) in [5.74, 6) is 2.04. The number of hydrogen-bond acceptors (Lipinski definition) is 12. The number of hydrogen-bond donors (Lipinski definition) is 5. The number of phenols is 1. The average molecular weight is 1860 g/mol. The van der Waals surface area contributed by atoms with Crippen LogP contribution in [-0.2, 0) is 63.1 Å². The summed E-state index contributed by atoms with van der Waals surface area (Å²) in [6, 6.07) is 34.2. The van der Waals surface area contributed by atoms with E-state index in [-0.39, 0.29) is 69.7 Å². The molecule has 8 aromatic carbocycles. The van der Waals surface area contributed by atoms with Crippen LogP contribution < -0.4 is 55.1 Å². The van der Waals surface area contributed by atoms with Crippen molar-refractivity contribution in [1.82, 2.24) is 21.3 Å². The molecule has 8 amide bonds. The predicted molar refractivity (Wildman–Crippen MR) is 469 cm³/mol. The van der Waals surface area contributed by atoms with Crippen molar-refractivity contribution in [2.24, 2.45) is 0 Å². The molecule has 12 rings (SSSR count). The van der Waals surface area contributed by atoms with Gasteiger partial charge < -0.3 is 40.6 Å². The Hall–Kier alpha value is -14.0. The number of nitrogens with zero attached hydrogens (tertiary/aromatic N) is 4. The van der Waals surface area contributed by atoms with Crippen molar-refractivity contribution in [1.29, 1.82) is 0 Å². The second-order valence-corrected chi connectivity index (χ2v) is 31.5. The van der Waals surface area contributed by atoms with Crippen LogP contribution in [0, 0.1) is 49.4 Å². The first-order chi connectivity index (χ1) is 63.3. The van der Waals surface area contributed by atoms with E-state index in [9.17, 15) is 105 Å². The normalized spacial score (nSPS) is 15.3. The number of halogens is 14. The smallest absolute Gasteiger partial charge is 0.416 e. The number of benzene rings is 8. The highest BCUT2D eigenvalue weighted by Gasteiger charge is 2.43. The Kier molecular flexibility index (Phi) is 36.8. The Bertz CT molecular complexity index is 5490. The first kappa shape index (κ1) is 103. The number of anilines is 4. The zero-order valence-electron chi connectivity index (χ0n) is 72.1. The summed E-state index contributed by atoms with van der Waals surface area (Å²) in [5, 5.41) is 21.3. The predicted octanol–water partition coefficient (Wildman–Crippen LogP) is 19.8. The lowest BCUT2D eigenvalue weighted by molar-refractivity contribution is -0.138. The van der Waals surface area contributed by atoms with Gasteiger partial charge in [0, 0.05) is 46.9 Å². The number of nitrogens with one attached hydrogen (secondary N) is 4. The molecule has 0 aliphatic heterocycles. The maximum atomic E-state index is 13.6. The summed E-state index contributed by atoms with van der Waals surface area (Å²) in [6.07, 6.45) is 20.8. The SMILES string of the molecule is C#CC(=O)N(c1cccc(C(F)(F)F)c1)C(C(=O)NC1CCCCC1)c1ccc(O)cc1.C#CC(=O)N(c1cccc(C(F)(F)F)c1)C(C(=O)NC1CCCCC1)c1ccc(OC(F)F)cc1.C#CC(=O)N(c1cccc(C(F)(F)F)c1)C(C(=O)NC1CCCCC1)c1ccc(OC)c(OC)c1.C#CC(=O)N(c1cccc(C(F)(F)F)c1)C(C(=O)NC1CCCCC1)c1ccccc1. The van der Waals surface area contributed by atoms with E-state index >= 15 is 0 Å². The van der Waals surface area contributed by atoms with Gasteiger partial charge in [0.15, 0.2) is 11.5 Å². The van der Waals surface area contributed by atoms with E-state index in [0.29, 0.717) is 35.3 Å². The summed E-state index contributed by atoms with van der Waals surface area (Å²) in [6.45, 7) is -3.07. The number of aromatic hydroxyl groups is 1. The van der Waals surface area contributed by atoms with E-state index in [1.165, 1.54) is 105 Å². The largest absolute Gasteiger partial charge is 0.508 e. The zero-order chi connectivity index (χ0) is 96.9. The lowest BCUT2D eigenvalue weighted by Crippen LogP contribution is -2.47. The van der Waals surface area contributed by atoms with E-state index in [1.54, 1.807) is 42.5 Å². The fourth-order valence-electron chi connectivity index (χ4n) is 16.1.